The number of halogens is 4. The van der Waals surface area contributed by atoms with Gasteiger partial charge in [-0.3, -0.25) is 10.0 Å². The molecule has 2 fully saturated rings. The number of amides is 1. The lowest BCUT2D eigenvalue weighted by Crippen LogP contribution is -2.61. The molecule has 1 amide bonds. The van der Waals surface area contributed by atoms with Gasteiger partial charge in [-0.2, -0.15) is 17.5 Å². The summed E-state index contributed by atoms with van der Waals surface area (Å²) in [5.74, 6) is -1.09. The topological polar surface area (TPSA) is 90.4 Å². The second-order valence-electron chi connectivity index (χ2n) is 8.20. The smallest absolute Gasteiger partial charge is 0.381 e. The minimum atomic E-state index is -4.16. The van der Waals surface area contributed by atoms with Crippen molar-refractivity contribution in [3.63, 3.8) is 0 Å². The minimum absolute atomic E-state index is 0.0263. The van der Waals surface area contributed by atoms with E-state index < -0.39 is 33.3 Å². The number of hydrogen-bond acceptors (Lipinski definition) is 6. The van der Waals surface area contributed by atoms with E-state index in [0.29, 0.717) is 19.5 Å². The Hall–Kier alpha value is -1.60. The van der Waals surface area contributed by atoms with E-state index in [2.05, 4.69) is 0 Å². The highest BCUT2D eigenvalue weighted by Gasteiger charge is 2.56. The Morgan fingerprint density at radius 1 is 1.12 bits per heavy atom. The molecule has 0 aliphatic carbocycles. The number of ether oxygens (including phenoxy) is 1. The van der Waals surface area contributed by atoms with Crippen molar-refractivity contribution in [2.24, 2.45) is 0 Å². The Labute approximate surface area is 196 Å². The van der Waals surface area contributed by atoms with E-state index in [0.717, 1.165) is 11.3 Å². The zero-order chi connectivity index (χ0) is 24.3. The molecule has 1 N–H and O–H groups in total. The fraction of sp³-hybridized carbons (Fsp3) is 0.650. The highest BCUT2D eigenvalue weighted by Crippen LogP contribution is 2.35. The number of alkyl halides is 3. The molecule has 3 rings (SSSR count). The molecule has 8 nitrogen and oxygen atoms in total. The van der Waals surface area contributed by atoms with Gasteiger partial charge in [-0.05, 0) is 30.5 Å². The van der Waals surface area contributed by atoms with E-state index in [1.165, 1.54) is 4.31 Å². The van der Waals surface area contributed by atoms with Crippen LogP contribution in [0.3, 0.4) is 0 Å². The standard InChI is InChI=1S/C20H27ClF3N3O5S/c21-27(29)18(28)19(8-14-32-15-9-19)33(30,31)26-12-10-25(11-13-26)17-5-3-16(4-6-17)2-1-7-20(22,23)24/h3-6,29H,1-2,7-15H2. The van der Waals surface area contributed by atoms with E-state index >= 15 is 0 Å². The SMILES string of the molecule is O=C(N(O)Cl)C1(S(=O)(=O)N2CCN(c3ccc(CCCC(F)(F)F)cc3)CC2)CCOCC1. The number of piperazine rings is 1. The summed E-state index contributed by atoms with van der Waals surface area (Å²) in [6.07, 6.45) is -4.83. The van der Waals surface area contributed by atoms with E-state index in [4.69, 9.17) is 16.5 Å². The predicted molar refractivity (Wildman–Crippen MR) is 115 cm³/mol. The average Bonchev–Trinajstić information content (AvgIpc) is 2.78. The van der Waals surface area contributed by atoms with Crippen LogP contribution in [-0.4, -0.2) is 78.7 Å². The van der Waals surface area contributed by atoms with Crippen molar-refractivity contribution in [2.75, 3.05) is 44.3 Å². The van der Waals surface area contributed by atoms with Crippen LogP contribution in [0.5, 0.6) is 0 Å². The van der Waals surface area contributed by atoms with Crippen LogP contribution in [0.4, 0.5) is 18.9 Å². The molecule has 1 aromatic carbocycles. The lowest BCUT2D eigenvalue weighted by Gasteiger charge is -2.42. The fourth-order valence-corrected chi connectivity index (χ4v) is 6.59. The Morgan fingerprint density at radius 2 is 1.70 bits per heavy atom. The van der Waals surface area contributed by atoms with Crippen molar-refractivity contribution in [3.8, 4) is 0 Å². The Balaban J connectivity index is 1.63. The maximum absolute atomic E-state index is 13.4. The monoisotopic (exact) mass is 513 g/mol. The molecule has 0 aromatic heterocycles. The molecule has 0 radical (unpaired) electrons. The second-order valence-corrected chi connectivity index (χ2v) is 10.8. The van der Waals surface area contributed by atoms with Crippen LogP contribution in [0.15, 0.2) is 24.3 Å². The highest BCUT2D eigenvalue weighted by atomic mass is 35.5. The summed E-state index contributed by atoms with van der Waals surface area (Å²) in [5.41, 5.74) is 1.64. The minimum Gasteiger partial charge on any atom is -0.381 e. The van der Waals surface area contributed by atoms with Crippen molar-refractivity contribution in [1.82, 2.24) is 8.89 Å². The van der Waals surface area contributed by atoms with Gasteiger partial charge < -0.3 is 9.64 Å². The molecule has 2 aliphatic rings. The molecule has 186 valence electrons. The Bertz CT molecular complexity index is 914. The summed E-state index contributed by atoms with van der Waals surface area (Å²) in [7, 11) is -4.13. The quantitative estimate of drug-likeness (QED) is 0.342. The van der Waals surface area contributed by atoms with Crippen molar-refractivity contribution in [2.45, 2.75) is 43.0 Å². The summed E-state index contributed by atoms with van der Waals surface area (Å²) < 4.78 is 68.2. The van der Waals surface area contributed by atoms with Crippen molar-refractivity contribution in [1.29, 1.82) is 0 Å². The maximum atomic E-state index is 13.4. The van der Waals surface area contributed by atoms with Crippen molar-refractivity contribution >= 4 is 33.4 Å². The summed E-state index contributed by atoms with van der Waals surface area (Å²) in [4.78, 5) is 14.5. The molecule has 2 aliphatic heterocycles. The predicted octanol–water partition coefficient (Wildman–Crippen LogP) is 2.94. The zero-order valence-electron chi connectivity index (χ0n) is 17.9. The van der Waals surface area contributed by atoms with Crippen molar-refractivity contribution in [3.05, 3.63) is 29.8 Å². The number of nitrogens with zero attached hydrogens (tertiary/aromatic N) is 3. The first-order valence-corrected chi connectivity index (χ1v) is 12.4. The third kappa shape index (κ3) is 5.91. The van der Waals surface area contributed by atoms with Crippen LogP contribution < -0.4 is 4.90 Å². The molecule has 0 unspecified atom stereocenters. The van der Waals surface area contributed by atoms with Gasteiger partial charge in [-0.1, -0.05) is 12.1 Å². The lowest BCUT2D eigenvalue weighted by molar-refractivity contribution is -0.152. The zero-order valence-corrected chi connectivity index (χ0v) is 19.5. The number of benzene rings is 1. The lowest BCUT2D eigenvalue weighted by atomic mass is 9.98. The van der Waals surface area contributed by atoms with Gasteiger partial charge in [0.05, 0.1) is 0 Å². The number of hydroxylamine groups is 1. The van der Waals surface area contributed by atoms with Gasteiger partial charge in [0.1, 0.15) is 0 Å². The van der Waals surface area contributed by atoms with Crippen LogP contribution in [0, 0.1) is 0 Å². The molecule has 2 heterocycles. The van der Waals surface area contributed by atoms with Gasteiger partial charge >= 0.3 is 6.18 Å². The Kier molecular flexibility index (Phi) is 8.15. The van der Waals surface area contributed by atoms with Gasteiger partial charge in [0.15, 0.2) is 4.75 Å². The van der Waals surface area contributed by atoms with E-state index in [1.54, 1.807) is 12.1 Å². The van der Waals surface area contributed by atoms with Gasteiger partial charge in [0.2, 0.25) is 10.0 Å². The van der Waals surface area contributed by atoms with Crippen LogP contribution in [0.2, 0.25) is 0 Å². The van der Waals surface area contributed by atoms with Crippen LogP contribution >= 0.6 is 11.8 Å². The van der Waals surface area contributed by atoms with Crippen LogP contribution in [-0.2, 0) is 26.0 Å². The van der Waals surface area contributed by atoms with Gasteiger partial charge in [-0.15, -0.1) is 4.58 Å². The normalized spacial score (nSPS) is 20.0. The number of anilines is 1. The third-order valence-corrected chi connectivity index (χ3v) is 8.93. The second kappa shape index (κ2) is 10.3. The molecule has 2 saturated heterocycles. The first-order chi connectivity index (χ1) is 15.5. The molecule has 0 spiro atoms. The van der Waals surface area contributed by atoms with Gasteiger partial charge in [0.25, 0.3) is 5.91 Å². The fourth-order valence-electron chi connectivity index (χ4n) is 4.25. The summed E-state index contributed by atoms with van der Waals surface area (Å²) in [6, 6.07) is 7.18. The molecule has 0 atom stereocenters. The molecule has 0 saturated carbocycles. The number of aryl methyl sites for hydroxylation is 1. The van der Waals surface area contributed by atoms with Gasteiger partial charge in [0, 0.05) is 76.1 Å². The Morgan fingerprint density at radius 3 is 2.21 bits per heavy atom. The molecule has 0 bridgehead atoms. The van der Waals surface area contributed by atoms with E-state index in [9.17, 15) is 31.6 Å². The van der Waals surface area contributed by atoms with Crippen LogP contribution in [0.1, 0.15) is 31.2 Å². The molecule has 1 aromatic rings. The average molecular weight is 514 g/mol. The third-order valence-electron chi connectivity index (χ3n) is 6.16. The number of carbonyl (C=O) groups is 1. The molecular weight excluding hydrogens is 487 g/mol. The maximum Gasteiger partial charge on any atom is 0.389 e. The molecule has 13 heteroatoms. The number of rotatable bonds is 7. The molecular formula is C20H27ClF3N3O5S. The summed E-state index contributed by atoms with van der Waals surface area (Å²) >= 11 is 5.42. The van der Waals surface area contributed by atoms with Gasteiger partial charge in [-0.25, -0.2) is 8.42 Å². The highest BCUT2D eigenvalue weighted by molar-refractivity contribution is 7.91. The summed E-state index contributed by atoms with van der Waals surface area (Å²) in [6.45, 7) is 1.14. The number of carbonyl (C=O) groups excluding carboxylic acids is 1. The summed E-state index contributed by atoms with van der Waals surface area (Å²) in [5, 5.41) is 9.47. The molecule has 33 heavy (non-hydrogen) atoms. The first-order valence-electron chi connectivity index (χ1n) is 10.6. The van der Waals surface area contributed by atoms with E-state index in [-0.39, 0.29) is 50.1 Å². The number of sulfonamides is 1. The van der Waals surface area contributed by atoms with E-state index in [1.807, 2.05) is 17.0 Å². The van der Waals surface area contributed by atoms with Crippen LogP contribution in [0.25, 0.3) is 0 Å². The first kappa shape index (κ1) is 26.0. The van der Waals surface area contributed by atoms with Crippen molar-refractivity contribution < 1.29 is 36.3 Å². The number of hydrogen-bond donors (Lipinski definition) is 1. The largest absolute Gasteiger partial charge is 0.389 e.